The minimum atomic E-state index is -2.45. The van der Waals surface area contributed by atoms with E-state index in [1.807, 2.05) is 31.9 Å². The summed E-state index contributed by atoms with van der Waals surface area (Å²) in [5.41, 5.74) is 5.30. The van der Waals surface area contributed by atoms with Crippen LogP contribution >= 0.6 is 0 Å². The number of aryl methyl sites for hydroxylation is 3. The highest BCUT2D eigenvalue weighted by Crippen LogP contribution is 2.62. The van der Waals surface area contributed by atoms with E-state index in [1.54, 1.807) is 0 Å². The predicted molar refractivity (Wildman–Crippen MR) is 171 cm³/mol. The summed E-state index contributed by atoms with van der Waals surface area (Å²) in [5, 5.41) is 16.8. The van der Waals surface area contributed by atoms with Crippen molar-refractivity contribution < 1.29 is 22.1 Å². The molecule has 43 heavy (non-hydrogen) atoms. The molecule has 3 aromatic carbocycles. The maximum Gasteiger partial charge on any atom is 0.255 e. The van der Waals surface area contributed by atoms with E-state index < -0.39 is 29.7 Å². The van der Waals surface area contributed by atoms with Crippen molar-refractivity contribution in [1.29, 1.82) is 0 Å². The van der Waals surface area contributed by atoms with Gasteiger partial charge in [-0.15, -0.1) is 0 Å². The average Bonchev–Trinajstić information content (AvgIpc) is 3.61. The Balaban J connectivity index is 1.81. The van der Waals surface area contributed by atoms with E-state index in [4.69, 9.17) is 12.2 Å². The zero-order valence-corrected chi connectivity index (χ0v) is 26.7. The molecule has 0 radical (unpaired) electrons. The van der Waals surface area contributed by atoms with Crippen LogP contribution in [0.25, 0.3) is 43.6 Å². The normalized spacial score (nSPS) is 26.9. The van der Waals surface area contributed by atoms with E-state index in [2.05, 4.69) is 68.9 Å². The molecule has 0 saturated carbocycles. The Morgan fingerprint density at radius 1 is 1.05 bits per heavy atom. The monoisotopic (exact) mass is 581 g/mol. The summed E-state index contributed by atoms with van der Waals surface area (Å²) in [6.45, 7) is 14.1. The van der Waals surface area contributed by atoms with Crippen LogP contribution in [-0.2, 0) is 20.7 Å². The molecular weight excluding hydrogens is 538 g/mol. The first kappa shape index (κ1) is 25.0. The summed E-state index contributed by atoms with van der Waals surface area (Å²) >= 11 is 0. The predicted octanol–water partition coefficient (Wildman–Crippen LogP) is 7.08. The van der Waals surface area contributed by atoms with Crippen LogP contribution in [0.3, 0.4) is 0 Å². The SMILES string of the molecule is [2H]C([2H])(OC)[C@@]1(O)C[C@H]2O[C@]1(C(C)C)n1c3cc(C)c(C)c(C)c3c3c4c(c5c6c(C)cccc6n2c5c31)C(=O)N(C)C4(C)C. The van der Waals surface area contributed by atoms with Crippen LogP contribution in [0.2, 0.25) is 0 Å². The molecule has 5 heterocycles. The molecule has 8 rings (SSSR count). The fraction of sp³-hybridized carbons (Fsp3) is 0.472. The number of nitrogens with zero attached hydrogens (tertiary/aromatic N) is 3. The number of aliphatic hydroxyl groups is 1. The van der Waals surface area contributed by atoms with Gasteiger partial charge in [0.25, 0.3) is 5.91 Å². The molecule has 3 aliphatic heterocycles. The van der Waals surface area contributed by atoms with E-state index in [-0.39, 0.29) is 18.2 Å². The molecule has 7 heteroatoms. The number of methoxy groups -OCH3 is 1. The molecule has 0 unspecified atom stereocenters. The number of hydrogen-bond acceptors (Lipinski definition) is 4. The van der Waals surface area contributed by atoms with E-state index >= 15 is 0 Å². The Bertz CT molecular complexity index is 2210. The van der Waals surface area contributed by atoms with E-state index in [9.17, 15) is 9.90 Å². The lowest BCUT2D eigenvalue weighted by Crippen LogP contribution is -2.58. The van der Waals surface area contributed by atoms with Crippen molar-refractivity contribution in [3.63, 3.8) is 0 Å². The molecule has 1 amide bonds. The zero-order chi connectivity index (χ0) is 32.5. The summed E-state index contributed by atoms with van der Waals surface area (Å²) in [6.07, 6.45) is -0.768. The minimum absolute atomic E-state index is 0.0114. The molecule has 1 fully saturated rings. The molecule has 2 bridgehead atoms. The van der Waals surface area contributed by atoms with Crippen molar-refractivity contribution in [2.24, 2.45) is 5.92 Å². The molecule has 0 spiro atoms. The first-order chi connectivity index (χ1) is 21.0. The quantitative estimate of drug-likeness (QED) is 0.247. The summed E-state index contributed by atoms with van der Waals surface area (Å²) < 4.78 is 35.3. The van der Waals surface area contributed by atoms with Gasteiger partial charge in [-0.3, -0.25) is 4.79 Å². The molecule has 1 saturated heterocycles. The van der Waals surface area contributed by atoms with Crippen molar-refractivity contribution in [2.45, 2.75) is 84.9 Å². The van der Waals surface area contributed by atoms with Gasteiger partial charge < -0.3 is 28.6 Å². The van der Waals surface area contributed by atoms with Gasteiger partial charge >= 0.3 is 0 Å². The second-order valence-electron chi connectivity index (χ2n) is 13.9. The molecule has 0 aliphatic carbocycles. The van der Waals surface area contributed by atoms with Gasteiger partial charge in [-0.05, 0) is 75.9 Å². The van der Waals surface area contributed by atoms with Crippen molar-refractivity contribution in [2.75, 3.05) is 20.7 Å². The second-order valence-corrected chi connectivity index (χ2v) is 13.9. The molecule has 3 atom stereocenters. The van der Waals surface area contributed by atoms with Crippen LogP contribution in [0.4, 0.5) is 0 Å². The number of carbonyl (C=O) groups excluding carboxylic acids is 1. The van der Waals surface area contributed by atoms with Gasteiger partial charge in [0.15, 0.2) is 5.72 Å². The lowest BCUT2D eigenvalue weighted by Gasteiger charge is -2.45. The van der Waals surface area contributed by atoms with Gasteiger partial charge in [-0.25, -0.2) is 0 Å². The summed E-state index contributed by atoms with van der Waals surface area (Å²) in [5.74, 6) is -0.389. The van der Waals surface area contributed by atoms with Crippen LogP contribution < -0.4 is 0 Å². The standard InChI is InChI=1S/C36H41N3O4/c1-17(2)36-35(41,16-42-10)15-24(43-36)38-22-13-11-12-18(3)25(22)27-29-30(34(7,8)37(9)33(29)40)28-26-21(6)20(5)19(4)14-23(26)39(36)32(28)31(27)38/h11-14,17,24,41H,15-16H2,1-10H3/t24-,35+,36+/m1/s1/i16D2. The Morgan fingerprint density at radius 3 is 2.44 bits per heavy atom. The first-order valence-corrected chi connectivity index (χ1v) is 15.3. The van der Waals surface area contributed by atoms with Gasteiger partial charge in [0.1, 0.15) is 11.8 Å². The number of carbonyl (C=O) groups is 1. The van der Waals surface area contributed by atoms with Crippen LogP contribution in [-0.4, -0.2) is 51.4 Å². The number of fused-ring (bicyclic) bond motifs is 13. The second kappa shape index (κ2) is 8.00. The van der Waals surface area contributed by atoms with Crippen LogP contribution in [0.5, 0.6) is 0 Å². The molecule has 3 aliphatic rings. The van der Waals surface area contributed by atoms with Crippen molar-refractivity contribution >= 4 is 49.5 Å². The number of amides is 1. The largest absolute Gasteiger partial charge is 0.382 e. The van der Waals surface area contributed by atoms with Gasteiger partial charge in [0, 0.05) is 53.6 Å². The highest BCUT2D eigenvalue weighted by Gasteiger charge is 2.65. The number of rotatable bonds is 3. The van der Waals surface area contributed by atoms with Crippen molar-refractivity contribution in [3.05, 3.63) is 57.6 Å². The van der Waals surface area contributed by atoms with E-state index in [0.29, 0.717) is 0 Å². The molecule has 2 aromatic heterocycles. The molecule has 7 nitrogen and oxygen atoms in total. The van der Waals surface area contributed by atoms with Gasteiger partial charge in [-0.2, -0.15) is 0 Å². The third kappa shape index (κ3) is 2.73. The van der Waals surface area contributed by atoms with Crippen LogP contribution in [0.15, 0.2) is 24.3 Å². The van der Waals surface area contributed by atoms with Gasteiger partial charge in [0.2, 0.25) is 0 Å². The fourth-order valence-electron chi connectivity index (χ4n) is 8.98. The van der Waals surface area contributed by atoms with E-state index in [1.165, 1.54) is 7.11 Å². The average molecular weight is 582 g/mol. The number of hydrogen-bond donors (Lipinski definition) is 1. The molecule has 5 aromatic rings. The smallest absolute Gasteiger partial charge is 0.255 e. The van der Waals surface area contributed by atoms with Gasteiger partial charge in [0.05, 0.1) is 42.5 Å². The maximum absolute atomic E-state index is 14.5. The highest BCUT2D eigenvalue weighted by atomic mass is 16.6. The zero-order valence-electron chi connectivity index (χ0n) is 28.7. The van der Waals surface area contributed by atoms with Crippen LogP contribution in [0, 0.1) is 33.6 Å². The lowest BCUT2D eigenvalue weighted by atomic mass is 9.80. The summed E-state index contributed by atoms with van der Waals surface area (Å²) in [4.78, 5) is 16.3. The third-order valence-corrected chi connectivity index (χ3v) is 11.3. The van der Waals surface area contributed by atoms with Crippen LogP contribution in [0.1, 0.15) is 81.3 Å². The van der Waals surface area contributed by atoms with E-state index in [0.717, 1.165) is 77.0 Å². The summed E-state index contributed by atoms with van der Waals surface area (Å²) in [6, 6.07) is 8.28. The minimum Gasteiger partial charge on any atom is -0.382 e. The molecular formula is C36H41N3O4. The topological polar surface area (TPSA) is 68.9 Å². The Labute approximate surface area is 254 Å². The Kier molecular flexibility index (Phi) is 4.65. The maximum atomic E-state index is 14.5. The van der Waals surface area contributed by atoms with Crippen molar-refractivity contribution in [3.8, 4) is 0 Å². The first-order valence-electron chi connectivity index (χ1n) is 16.3. The van der Waals surface area contributed by atoms with Gasteiger partial charge in [-0.1, -0.05) is 26.0 Å². The number of aromatic nitrogens is 2. The fourth-order valence-corrected chi connectivity index (χ4v) is 8.98. The third-order valence-electron chi connectivity index (χ3n) is 11.3. The highest BCUT2D eigenvalue weighted by molar-refractivity contribution is 6.32. The number of benzene rings is 3. The Morgan fingerprint density at radius 2 is 1.77 bits per heavy atom. The lowest BCUT2D eigenvalue weighted by molar-refractivity contribution is -0.228. The summed E-state index contributed by atoms with van der Waals surface area (Å²) in [7, 11) is 3.19. The number of ether oxygens (including phenoxy) is 2. The van der Waals surface area contributed by atoms with Crippen molar-refractivity contribution in [1.82, 2.24) is 14.0 Å². The Hall–Kier alpha value is -3.39. The molecule has 1 N–H and O–H groups in total. The molecule has 224 valence electrons.